The van der Waals surface area contributed by atoms with Gasteiger partial charge in [-0.15, -0.1) is 0 Å². The van der Waals surface area contributed by atoms with Gasteiger partial charge in [-0.1, -0.05) is 29.3 Å². The van der Waals surface area contributed by atoms with Crippen molar-refractivity contribution in [2.45, 2.75) is 4.90 Å². The van der Waals surface area contributed by atoms with Gasteiger partial charge in [0.2, 0.25) is 5.91 Å². The van der Waals surface area contributed by atoms with E-state index in [1.165, 1.54) is 18.2 Å². The molecule has 2 aromatic rings. The second kappa shape index (κ2) is 7.25. The molecular formula is C14H11Cl2IN2O3S. The highest BCUT2D eigenvalue weighted by Gasteiger charge is 2.27. The van der Waals surface area contributed by atoms with Crippen molar-refractivity contribution < 1.29 is 13.2 Å². The average Bonchev–Trinajstić information content (AvgIpc) is 2.47. The Labute approximate surface area is 157 Å². The average molecular weight is 485 g/mol. The topological polar surface area (TPSA) is 80.5 Å². The number of primary amides is 1. The van der Waals surface area contributed by atoms with Crippen molar-refractivity contribution in [3.8, 4) is 0 Å². The summed E-state index contributed by atoms with van der Waals surface area (Å²) in [6.07, 6.45) is 0. The van der Waals surface area contributed by atoms with Gasteiger partial charge in [0.05, 0.1) is 20.6 Å². The number of benzene rings is 2. The maximum atomic E-state index is 12.9. The number of carbonyl (C=O) groups excluding carboxylic acids is 1. The highest BCUT2D eigenvalue weighted by molar-refractivity contribution is 14.1. The van der Waals surface area contributed by atoms with Crippen molar-refractivity contribution in [2.75, 3.05) is 10.8 Å². The number of sulfonamides is 1. The van der Waals surface area contributed by atoms with Crippen LogP contribution < -0.4 is 10.0 Å². The van der Waals surface area contributed by atoms with Crippen LogP contribution >= 0.6 is 45.8 Å². The fraction of sp³-hybridized carbons (Fsp3) is 0.0714. The van der Waals surface area contributed by atoms with Gasteiger partial charge in [-0.25, -0.2) is 8.42 Å². The molecule has 0 atom stereocenters. The molecule has 0 aliphatic rings. The molecule has 0 aliphatic heterocycles. The molecule has 1 amide bonds. The van der Waals surface area contributed by atoms with E-state index in [0.29, 0.717) is 5.69 Å². The SMILES string of the molecule is NC(=O)CN(c1cccc(I)c1)S(=O)(=O)c1ccc(Cl)c(Cl)c1. The molecule has 9 heteroatoms. The van der Waals surface area contributed by atoms with Crippen LogP contribution in [0.2, 0.25) is 10.0 Å². The molecule has 23 heavy (non-hydrogen) atoms. The van der Waals surface area contributed by atoms with Crippen molar-refractivity contribution in [3.63, 3.8) is 0 Å². The molecule has 0 unspecified atom stereocenters. The van der Waals surface area contributed by atoms with Crippen LogP contribution in [0.4, 0.5) is 5.69 Å². The van der Waals surface area contributed by atoms with Gasteiger partial charge in [-0.3, -0.25) is 9.10 Å². The Balaban J connectivity index is 2.57. The van der Waals surface area contributed by atoms with Gasteiger partial charge in [0, 0.05) is 3.57 Å². The van der Waals surface area contributed by atoms with Gasteiger partial charge < -0.3 is 5.73 Å². The Morgan fingerprint density at radius 3 is 2.39 bits per heavy atom. The molecule has 0 radical (unpaired) electrons. The first-order valence-corrected chi connectivity index (χ1v) is 9.51. The lowest BCUT2D eigenvalue weighted by Crippen LogP contribution is -2.38. The van der Waals surface area contributed by atoms with Crippen LogP contribution in [0.15, 0.2) is 47.4 Å². The zero-order chi connectivity index (χ0) is 17.2. The first-order valence-electron chi connectivity index (χ1n) is 6.23. The van der Waals surface area contributed by atoms with Crippen LogP contribution in [0.3, 0.4) is 0 Å². The van der Waals surface area contributed by atoms with E-state index in [4.69, 9.17) is 28.9 Å². The smallest absolute Gasteiger partial charge is 0.264 e. The summed E-state index contributed by atoms with van der Waals surface area (Å²) in [6.45, 7) is -0.483. The Morgan fingerprint density at radius 1 is 1.13 bits per heavy atom. The van der Waals surface area contributed by atoms with Gasteiger partial charge in [0.1, 0.15) is 6.54 Å². The quantitative estimate of drug-likeness (QED) is 0.661. The molecule has 0 heterocycles. The molecule has 0 fully saturated rings. The van der Waals surface area contributed by atoms with Crippen LogP contribution in [0.1, 0.15) is 0 Å². The number of anilines is 1. The Morgan fingerprint density at radius 2 is 1.83 bits per heavy atom. The van der Waals surface area contributed by atoms with E-state index in [0.717, 1.165) is 7.88 Å². The molecule has 122 valence electrons. The standard InChI is InChI=1S/C14H11Cl2IN2O3S/c15-12-5-4-11(7-13(12)16)23(21,22)19(8-14(18)20)10-3-1-2-9(17)6-10/h1-7H,8H2,(H2,18,20). The number of nitrogens with two attached hydrogens (primary N) is 1. The Bertz CT molecular complexity index is 859. The molecule has 0 bridgehead atoms. The summed E-state index contributed by atoms with van der Waals surface area (Å²) in [5, 5.41) is 0.343. The van der Waals surface area contributed by atoms with E-state index < -0.39 is 22.5 Å². The molecule has 5 nitrogen and oxygen atoms in total. The first-order chi connectivity index (χ1) is 10.7. The number of hydrogen-bond acceptors (Lipinski definition) is 3. The van der Waals surface area contributed by atoms with Crippen molar-refractivity contribution in [3.05, 3.63) is 56.1 Å². The number of rotatable bonds is 5. The minimum Gasteiger partial charge on any atom is -0.368 e. The zero-order valence-electron chi connectivity index (χ0n) is 11.5. The minimum absolute atomic E-state index is 0.0768. The molecule has 2 N–H and O–H groups in total. The van der Waals surface area contributed by atoms with E-state index in [1.54, 1.807) is 24.3 Å². The zero-order valence-corrected chi connectivity index (χ0v) is 16.0. The summed E-state index contributed by atoms with van der Waals surface area (Å²) in [7, 11) is -4.02. The largest absolute Gasteiger partial charge is 0.368 e. The lowest BCUT2D eigenvalue weighted by molar-refractivity contribution is -0.116. The number of hydrogen-bond donors (Lipinski definition) is 1. The van der Waals surface area contributed by atoms with Gasteiger partial charge in [-0.2, -0.15) is 0 Å². The minimum atomic E-state index is -4.02. The van der Waals surface area contributed by atoms with Crippen molar-refractivity contribution in [1.29, 1.82) is 0 Å². The maximum Gasteiger partial charge on any atom is 0.264 e. The molecule has 0 aliphatic carbocycles. The molecule has 0 saturated heterocycles. The van der Waals surface area contributed by atoms with Crippen molar-refractivity contribution in [2.24, 2.45) is 5.73 Å². The summed E-state index contributed by atoms with van der Waals surface area (Å²) in [4.78, 5) is 11.3. The third-order valence-electron chi connectivity index (χ3n) is 2.87. The fourth-order valence-electron chi connectivity index (χ4n) is 1.85. The normalized spacial score (nSPS) is 11.3. The van der Waals surface area contributed by atoms with Crippen LogP contribution in [0, 0.1) is 3.57 Å². The number of carbonyl (C=O) groups is 1. The van der Waals surface area contributed by atoms with Crippen LogP contribution in [-0.2, 0) is 14.8 Å². The Kier molecular flexibility index (Phi) is 5.77. The summed E-state index contributed by atoms with van der Waals surface area (Å²) >= 11 is 13.8. The van der Waals surface area contributed by atoms with Crippen LogP contribution in [-0.4, -0.2) is 20.9 Å². The number of halogens is 3. The lowest BCUT2D eigenvalue weighted by atomic mass is 10.3. The molecule has 0 saturated carbocycles. The van der Waals surface area contributed by atoms with Crippen LogP contribution in [0.25, 0.3) is 0 Å². The summed E-state index contributed by atoms with van der Waals surface area (Å²) in [5.41, 5.74) is 5.54. The molecular weight excluding hydrogens is 474 g/mol. The second-order valence-electron chi connectivity index (χ2n) is 4.53. The summed E-state index contributed by atoms with van der Waals surface area (Å²) in [6, 6.07) is 10.7. The molecule has 2 rings (SSSR count). The maximum absolute atomic E-state index is 12.9. The molecule has 2 aromatic carbocycles. The van der Waals surface area contributed by atoms with Gasteiger partial charge >= 0.3 is 0 Å². The third kappa shape index (κ3) is 4.28. The predicted octanol–water partition coefficient (Wildman–Crippen LogP) is 3.28. The van der Waals surface area contributed by atoms with Crippen molar-refractivity contribution in [1.82, 2.24) is 0 Å². The summed E-state index contributed by atoms with van der Waals surface area (Å²) in [5.74, 6) is -0.771. The van der Waals surface area contributed by atoms with Gasteiger partial charge in [-0.05, 0) is 59.0 Å². The van der Waals surface area contributed by atoms with Crippen LogP contribution in [0.5, 0.6) is 0 Å². The second-order valence-corrected chi connectivity index (χ2v) is 8.46. The van der Waals surface area contributed by atoms with Gasteiger partial charge in [0.25, 0.3) is 10.0 Å². The van der Waals surface area contributed by atoms with E-state index in [-0.39, 0.29) is 14.9 Å². The van der Waals surface area contributed by atoms with Gasteiger partial charge in [0.15, 0.2) is 0 Å². The first kappa shape index (κ1) is 18.3. The highest BCUT2D eigenvalue weighted by atomic mass is 127. The fourth-order valence-corrected chi connectivity index (χ4v) is 4.19. The van der Waals surface area contributed by atoms with Crippen molar-refractivity contribution >= 4 is 67.4 Å². The van der Waals surface area contributed by atoms with E-state index in [1.807, 2.05) is 22.6 Å². The summed E-state index contributed by atoms with van der Waals surface area (Å²) < 4.78 is 27.5. The molecule has 0 spiro atoms. The van der Waals surface area contributed by atoms with E-state index in [2.05, 4.69) is 0 Å². The highest BCUT2D eigenvalue weighted by Crippen LogP contribution is 2.29. The predicted molar refractivity (Wildman–Crippen MR) is 99.3 cm³/mol. The number of nitrogens with zero attached hydrogens (tertiary/aromatic N) is 1. The third-order valence-corrected chi connectivity index (χ3v) is 6.05. The number of amides is 1. The van der Waals surface area contributed by atoms with E-state index in [9.17, 15) is 13.2 Å². The molecule has 0 aromatic heterocycles. The Hall–Kier alpha value is -1.03. The lowest BCUT2D eigenvalue weighted by Gasteiger charge is -2.23. The van der Waals surface area contributed by atoms with E-state index >= 15 is 0 Å². The monoisotopic (exact) mass is 484 g/mol.